The topological polar surface area (TPSA) is 171 Å². The summed E-state index contributed by atoms with van der Waals surface area (Å²) in [5.41, 5.74) is -1.61. The Labute approximate surface area is 346 Å². The fourth-order valence-electron chi connectivity index (χ4n) is 13.4. The van der Waals surface area contributed by atoms with E-state index in [0.29, 0.717) is 82.6 Å². The zero-order chi connectivity index (χ0) is 41.9. The Morgan fingerprint density at radius 1 is 1.05 bits per heavy atom. The molecular formula is C46H61N5O8. The highest BCUT2D eigenvalue weighted by Gasteiger charge is 2.78. The van der Waals surface area contributed by atoms with Crippen molar-refractivity contribution in [1.82, 2.24) is 20.1 Å². The summed E-state index contributed by atoms with van der Waals surface area (Å²) in [5.74, 6) is -0.808. The molecule has 6 aliphatic rings. The van der Waals surface area contributed by atoms with Gasteiger partial charge in [-0.25, -0.2) is 0 Å². The normalized spacial score (nSPS) is 37.7. The van der Waals surface area contributed by atoms with E-state index in [1.54, 1.807) is 14.0 Å². The summed E-state index contributed by atoms with van der Waals surface area (Å²) < 4.78 is 12.3. The number of carbonyl (C=O) groups is 2. The molecule has 1 aliphatic carbocycles. The Morgan fingerprint density at radius 3 is 2.54 bits per heavy atom. The highest BCUT2D eigenvalue weighted by atomic mass is 16.5. The van der Waals surface area contributed by atoms with E-state index in [4.69, 9.17) is 9.47 Å². The number of amides is 1. The van der Waals surface area contributed by atoms with E-state index in [1.165, 1.54) is 7.11 Å². The second-order valence-electron chi connectivity index (χ2n) is 18.7. The Hall–Kier alpha value is -3.98. The van der Waals surface area contributed by atoms with Crippen molar-refractivity contribution in [3.05, 3.63) is 70.9 Å². The van der Waals surface area contributed by atoms with Crippen LogP contribution in [0, 0.1) is 11.3 Å². The van der Waals surface area contributed by atoms with Gasteiger partial charge in [-0.1, -0.05) is 44.2 Å². The monoisotopic (exact) mass is 811 g/mol. The van der Waals surface area contributed by atoms with Gasteiger partial charge in [0.1, 0.15) is 17.3 Å². The predicted octanol–water partition coefficient (Wildman–Crippen LogP) is 2.74. The van der Waals surface area contributed by atoms with Gasteiger partial charge < -0.3 is 45.1 Å². The second kappa shape index (κ2) is 14.0. The molecule has 1 spiro atoms. The van der Waals surface area contributed by atoms with Gasteiger partial charge in [0.2, 0.25) is 0 Å². The van der Waals surface area contributed by atoms with Crippen LogP contribution in [0.5, 0.6) is 5.75 Å². The number of hydrogen-bond donors (Lipinski definition) is 6. The SMILES string of the molecule is CCC1(O)C[C@H]2C[N@](CCc3c([nH]c4ccccc34)[C@@](C(=O)OC)(c3cc4c(cc3OC)N(C)C3[C@]45CCN4CC=C[C@](CC)(C45)[C@@H](O)[C@]3(O)C(=O)NC[C@H](C)O)C2)C1. The van der Waals surface area contributed by atoms with Crippen molar-refractivity contribution in [3.63, 3.8) is 0 Å². The number of rotatable bonds is 8. The van der Waals surface area contributed by atoms with Crippen molar-refractivity contribution in [1.29, 1.82) is 0 Å². The molecule has 13 heteroatoms. The van der Waals surface area contributed by atoms with E-state index in [2.05, 4.69) is 32.2 Å². The van der Waals surface area contributed by atoms with Crippen molar-refractivity contribution in [2.75, 3.05) is 65.4 Å². The Balaban J connectivity index is 1.34. The van der Waals surface area contributed by atoms with Gasteiger partial charge in [0.25, 0.3) is 5.91 Å². The van der Waals surface area contributed by atoms with E-state index >= 15 is 4.79 Å². The molecule has 3 fully saturated rings. The molecule has 13 nitrogen and oxygen atoms in total. The summed E-state index contributed by atoms with van der Waals surface area (Å²) in [5, 5.41) is 51.9. The number of nitrogens with zero attached hydrogens (tertiary/aromatic N) is 3. The summed E-state index contributed by atoms with van der Waals surface area (Å²) >= 11 is 0. The number of benzene rings is 2. The Bertz CT molecular complexity index is 2210. The van der Waals surface area contributed by atoms with Crippen LogP contribution in [0.4, 0.5) is 5.69 Å². The lowest BCUT2D eigenvalue weighted by Gasteiger charge is -2.63. The first-order valence-electron chi connectivity index (χ1n) is 21.6. The Kier molecular flexibility index (Phi) is 9.62. The second-order valence-corrected chi connectivity index (χ2v) is 18.7. The predicted molar refractivity (Wildman–Crippen MR) is 224 cm³/mol. The molecule has 3 unspecified atom stereocenters. The van der Waals surface area contributed by atoms with E-state index in [0.717, 1.165) is 33.4 Å². The summed E-state index contributed by atoms with van der Waals surface area (Å²) in [7, 11) is 4.90. The van der Waals surface area contributed by atoms with Crippen LogP contribution < -0.4 is 15.0 Å². The van der Waals surface area contributed by atoms with Crippen LogP contribution in [-0.4, -0.2) is 143 Å². The highest BCUT2D eigenvalue weighted by Crippen LogP contribution is 2.67. The van der Waals surface area contributed by atoms with Crippen LogP contribution in [-0.2, 0) is 31.6 Å². The summed E-state index contributed by atoms with van der Waals surface area (Å²) in [6, 6.07) is 11.0. The van der Waals surface area contributed by atoms with Gasteiger partial charge in [0.05, 0.1) is 32.0 Å². The number of carbonyl (C=O) groups excluding carboxylic acids is 2. The summed E-state index contributed by atoms with van der Waals surface area (Å²) in [4.78, 5) is 40.3. The van der Waals surface area contributed by atoms with Gasteiger partial charge >= 0.3 is 5.97 Å². The molecule has 2 bridgehead atoms. The zero-order valence-corrected chi connectivity index (χ0v) is 35.3. The van der Waals surface area contributed by atoms with Crippen molar-refractivity contribution < 1.29 is 39.5 Å². The van der Waals surface area contributed by atoms with Crippen molar-refractivity contribution in [3.8, 4) is 5.75 Å². The molecule has 9 rings (SSSR count). The number of likely N-dealkylation sites (N-methyl/N-ethyl adjacent to an activating group) is 1. The fraction of sp³-hybridized carbons (Fsp3) is 0.609. The van der Waals surface area contributed by atoms with Gasteiger partial charge in [0.15, 0.2) is 5.60 Å². The number of esters is 1. The standard InChI is InChI=1S/C46H61N5O8/c1-7-42(56)22-28-23-45(41(55)59-6,36-30(14-18-50(25-28)26-42)29-12-9-10-13-33(29)48-36)32-20-31-34(21-35(32)58-5)49(4)38-44(31)16-19-51-17-11-15-43(8-2,37(44)51)39(53)46(38,57)40(54)47-24-27(3)52/h9-13,15,20-21,27-28,37-39,48,52-53,56-57H,7-8,14,16-19,22-26H2,1-6H3,(H,47,54)/t27-,28+,37?,38?,39+,42?,43+,44+,45-,46-/m0/s1. The molecule has 1 amide bonds. The van der Waals surface area contributed by atoms with Crippen LogP contribution >= 0.6 is 0 Å². The molecule has 3 aromatic rings. The molecule has 318 valence electrons. The third-order valence-corrected chi connectivity index (χ3v) is 15.8. The maximum atomic E-state index is 15.3. The van der Waals surface area contributed by atoms with Crippen LogP contribution in [0.1, 0.15) is 75.3 Å². The summed E-state index contributed by atoms with van der Waals surface area (Å²) in [6.45, 7) is 8.81. The molecule has 2 saturated heterocycles. The lowest BCUT2D eigenvalue weighted by Crippen LogP contribution is -2.81. The van der Waals surface area contributed by atoms with Crippen LogP contribution in [0.15, 0.2) is 48.6 Å². The molecule has 59 heavy (non-hydrogen) atoms. The number of aliphatic hydroxyl groups excluding tert-OH is 2. The lowest BCUT2D eigenvalue weighted by molar-refractivity contribution is -0.203. The van der Waals surface area contributed by atoms with E-state index in [1.807, 2.05) is 62.2 Å². The number of fused-ring (bicyclic) bond motifs is 6. The van der Waals surface area contributed by atoms with Gasteiger partial charge in [0, 0.05) is 90.6 Å². The molecule has 11 atom stereocenters. The average molecular weight is 812 g/mol. The van der Waals surface area contributed by atoms with Gasteiger partial charge in [-0.3, -0.25) is 19.4 Å². The van der Waals surface area contributed by atoms with Crippen molar-refractivity contribution >= 4 is 28.5 Å². The van der Waals surface area contributed by atoms with Crippen molar-refractivity contribution in [2.45, 2.75) is 106 Å². The number of H-pyrrole nitrogens is 1. The molecule has 0 radical (unpaired) electrons. The number of hydrogen-bond acceptors (Lipinski definition) is 11. The number of methoxy groups -OCH3 is 2. The van der Waals surface area contributed by atoms with E-state index in [9.17, 15) is 25.2 Å². The van der Waals surface area contributed by atoms with Gasteiger partial charge in [-0.05, 0) is 81.2 Å². The third kappa shape index (κ3) is 5.37. The first-order chi connectivity index (χ1) is 28.2. The lowest BCUT2D eigenvalue weighted by atomic mass is 9.47. The third-order valence-electron chi connectivity index (χ3n) is 15.8. The molecule has 5 aliphatic heterocycles. The Morgan fingerprint density at radius 2 is 1.83 bits per heavy atom. The average Bonchev–Trinajstić information content (AvgIpc) is 3.89. The van der Waals surface area contributed by atoms with Crippen LogP contribution in [0.3, 0.4) is 0 Å². The molecule has 2 aromatic carbocycles. The molecular weight excluding hydrogens is 751 g/mol. The number of nitrogens with one attached hydrogen (secondary N) is 2. The number of ether oxygens (including phenoxy) is 2. The number of anilines is 1. The smallest absolute Gasteiger partial charge is 0.322 e. The molecule has 6 N–H and O–H groups in total. The van der Waals surface area contributed by atoms with Crippen molar-refractivity contribution in [2.24, 2.45) is 11.3 Å². The number of para-hydroxylation sites is 1. The fourth-order valence-corrected chi connectivity index (χ4v) is 13.4. The number of aromatic amines is 1. The number of aliphatic hydroxyl groups is 4. The minimum absolute atomic E-state index is 0.0903. The molecule has 1 aromatic heterocycles. The van der Waals surface area contributed by atoms with E-state index in [-0.39, 0.29) is 18.5 Å². The van der Waals surface area contributed by atoms with E-state index < -0.39 is 57.6 Å². The minimum Gasteiger partial charge on any atom is -0.496 e. The van der Waals surface area contributed by atoms with Gasteiger partial charge in [-0.2, -0.15) is 0 Å². The largest absolute Gasteiger partial charge is 0.496 e. The minimum atomic E-state index is -2.31. The number of aromatic nitrogens is 1. The number of piperidine rings is 1. The first-order valence-corrected chi connectivity index (χ1v) is 21.6. The zero-order valence-electron chi connectivity index (χ0n) is 35.3. The highest BCUT2D eigenvalue weighted by molar-refractivity contribution is 5.95. The van der Waals surface area contributed by atoms with Crippen LogP contribution in [0.2, 0.25) is 0 Å². The quantitative estimate of drug-likeness (QED) is 0.146. The summed E-state index contributed by atoms with van der Waals surface area (Å²) in [6.07, 6.45) is 4.83. The maximum absolute atomic E-state index is 15.3. The maximum Gasteiger partial charge on any atom is 0.322 e. The molecule has 6 heterocycles. The first kappa shape index (κ1) is 40.4. The van der Waals surface area contributed by atoms with Gasteiger partial charge in [-0.15, -0.1) is 0 Å². The van der Waals surface area contributed by atoms with Crippen LogP contribution in [0.25, 0.3) is 10.9 Å². The molecule has 1 saturated carbocycles.